The fourth-order valence-electron chi connectivity index (χ4n) is 3.39. The van der Waals surface area contributed by atoms with Gasteiger partial charge < -0.3 is 9.47 Å². The zero-order valence-corrected chi connectivity index (χ0v) is 17.0. The molecule has 8 heteroatoms. The van der Waals surface area contributed by atoms with E-state index in [9.17, 15) is 4.79 Å². The van der Waals surface area contributed by atoms with Gasteiger partial charge in [0.25, 0.3) is 5.91 Å². The highest BCUT2D eigenvalue weighted by atomic mass is 35.5. The summed E-state index contributed by atoms with van der Waals surface area (Å²) in [5.74, 6) is 2.09. The third kappa shape index (κ3) is 3.15. The fraction of sp³-hybridized carbons (Fsp3) is 0.368. The van der Waals surface area contributed by atoms with Crippen LogP contribution in [0.4, 0.5) is 0 Å². The molecule has 0 spiro atoms. The SMILES string of the molecule is CC(C)c1nnc2n1CCN(C(=O)c1cnc(-c3ccccc3Cl)s1)[C@@H]2C. The number of hydrogen-bond acceptors (Lipinski definition) is 5. The molecule has 1 aliphatic rings. The van der Waals surface area contributed by atoms with Crippen LogP contribution in [0.15, 0.2) is 30.5 Å². The largest absolute Gasteiger partial charge is 0.326 e. The van der Waals surface area contributed by atoms with Crippen molar-refractivity contribution in [2.45, 2.75) is 39.3 Å². The van der Waals surface area contributed by atoms with Crippen molar-refractivity contribution in [3.8, 4) is 10.6 Å². The molecule has 0 unspecified atom stereocenters. The van der Waals surface area contributed by atoms with E-state index >= 15 is 0 Å². The minimum absolute atomic E-state index is 0.0290. The van der Waals surface area contributed by atoms with Crippen LogP contribution in [0.3, 0.4) is 0 Å². The predicted octanol–water partition coefficient (Wildman–Crippen LogP) is 4.40. The second-order valence-electron chi connectivity index (χ2n) is 6.91. The summed E-state index contributed by atoms with van der Waals surface area (Å²) in [7, 11) is 0. The molecule has 1 aromatic carbocycles. The molecule has 3 aromatic rings. The first-order valence-electron chi connectivity index (χ1n) is 8.92. The van der Waals surface area contributed by atoms with Crippen molar-refractivity contribution in [1.29, 1.82) is 0 Å². The maximum atomic E-state index is 13.1. The van der Waals surface area contributed by atoms with E-state index in [2.05, 4.69) is 33.6 Å². The van der Waals surface area contributed by atoms with Gasteiger partial charge in [-0.15, -0.1) is 21.5 Å². The molecular weight excluding hydrogens is 382 g/mol. The third-order valence-electron chi connectivity index (χ3n) is 4.81. The summed E-state index contributed by atoms with van der Waals surface area (Å²) in [6.45, 7) is 7.55. The predicted molar refractivity (Wildman–Crippen MR) is 106 cm³/mol. The molecule has 0 saturated heterocycles. The van der Waals surface area contributed by atoms with Crippen molar-refractivity contribution >= 4 is 28.8 Å². The maximum Gasteiger partial charge on any atom is 0.266 e. The van der Waals surface area contributed by atoms with Gasteiger partial charge in [0.2, 0.25) is 0 Å². The first kappa shape index (κ1) is 18.1. The van der Waals surface area contributed by atoms with Gasteiger partial charge in [-0.1, -0.05) is 43.6 Å². The molecule has 6 nitrogen and oxygen atoms in total. The molecule has 1 amide bonds. The van der Waals surface area contributed by atoms with Crippen molar-refractivity contribution in [3.63, 3.8) is 0 Å². The van der Waals surface area contributed by atoms with Crippen LogP contribution in [0.5, 0.6) is 0 Å². The van der Waals surface area contributed by atoms with Crippen LogP contribution in [0, 0.1) is 0 Å². The molecular formula is C19H20ClN5OS. The number of carbonyl (C=O) groups is 1. The number of benzene rings is 1. The molecule has 0 radical (unpaired) electrons. The number of halogens is 1. The molecule has 27 heavy (non-hydrogen) atoms. The van der Waals surface area contributed by atoms with Crippen molar-refractivity contribution in [3.05, 3.63) is 52.0 Å². The van der Waals surface area contributed by atoms with Gasteiger partial charge in [0.1, 0.15) is 15.7 Å². The van der Waals surface area contributed by atoms with E-state index in [0.717, 1.165) is 22.2 Å². The lowest BCUT2D eigenvalue weighted by atomic mass is 10.1. The second-order valence-corrected chi connectivity index (χ2v) is 8.34. The van der Waals surface area contributed by atoms with Crippen molar-refractivity contribution in [1.82, 2.24) is 24.6 Å². The highest BCUT2D eigenvalue weighted by Gasteiger charge is 2.33. The lowest BCUT2D eigenvalue weighted by Crippen LogP contribution is -2.41. The van der Waals surface area contributed by atoms with Gasteiger partial charge in [-0.05, 0) is 13.0 Å². The van der Waals surface area contributed by atoms with Gasteiger partial charge in [-0.3, -0.25) is 4.79 Å². The van der Waals surface area contributed by atoms with Gasteiger partial charge in [-0.25, -0.2) is 4.98 Å². The molecule has 3 heterocycles. The number of rotatable bonds is 3. The van der Waals surface area contributed by atoms with Gasteiger partial charge in [0.05, 0.1) is 17.3 Å². The summed E-state index contributed by atoms with van der Waals surface area (Å²) in [5.41, 5.74) is 0.844. The molecule has 0 saturated carbocycles. The Morgan fingerprint density at radius 1 is 1.26 bits per heavy atom. The topological polar surface area (TPSA) is 63.9 Å². The molecule has 140 valence electrons. The zero-order valence-electron chi connectivity index (χ0n) is 15.4. The van der Waals surface area contributed by atoms with Crippen molar-refractivity contribution < 1.29 is 4.79 Å². The van der Waals surface area contributed by atoms with Crippen LogP contribution < -0.4 is 0 Å². The Hall–Kier alpha value is -2.25. The Morgan fingerprint density at radius 3 is 2.78 bits per heavy atom. The van der Waals surface area contributed by atoms with Crippen LogP contribution in [0.2, 0.25) is 5.02 Å². The van der Waals surface area contributed by atoms with Crippen LogP contribution in [0.25, 0.3) is 10.6 Å². The van der Waals surface area contributed by atoms with Crippen LogP contribution in [-0.4, -0.2) is 37.1 Å². The van der Waals surface area contributed by atoms with Crippen molar-refractivity contribution in [2.75, 3.05) is 6.54 Å². The van der Waals surface area contributed by atoms with E-state index < -0.39 is 0 Å². The van der Waals surface area contributed by atoms with E-state index in [1.807, 2.05) is 36.1 Å². The van der Waals surface area contributed by atoms with Gasteiger partial charge in [-0.2, -0.15) is 0 Å². The Balaban J connectivity index is 1.60. The third-order valence-corrected chi connectivity index (χ3v) is 6.16. The number of nitrogens with zero attached hydrogens (tertiary/aromatic N) is 5. The van der Waals surface area contributed by atoms with E-state index in [0.29, 0.717) is 28.9 Å². The molecule has 1 atom stereocenters. The molecule has 1 aliphatic heterocycles. The van der Waals surface area contributed by atoms with E-state index in [1.54, 1.807) is 6.20 Å². The quantitative estimate of drug-likeness (QED) is 0.652. The van der Waals surface area contributed by atoms with E-state index in [4.69, 9.17) is 11.6 Å². The number of amides is 1. The number of thiazole rings is 1. The van der Waals surface area contributed by atoms with Crippen LogP contribution in [0.1, 0.15) is 54.1 Å². The Kier molecular flexibility index (Phi) is 4.74. The summed E-state index contributed by atoms with van der Waals surface area (Å²) in [4.78, 5) is 20.0. The fourth-order valence-corrected chi connectivity index (χ4v) is 4.58. The van der Waals surface area contributed by atoms with Gasteiger partial charge >= 0.3 is 0 Å². The monoisotopic (exact) mass is 401 g/mol. The number of fused-ring (bicyclic) bond motifs is 1. The standard InChI is InChI=1S/C19H20ClN5OS/c1-11(2)16-22-23-17-12(3)24(8-9-25(16)17)19(26)15-10-21-18(27-15)13-6-4-5-7-14(13)20/h4-7,10-12H,8-9H2,1-3H3/t12-/m1/s1. The first-order chi connectivity index (χ1) is 13.0. The second kappa shape index (κ2) is 7.05. The summed E-state index contributed by atoms with van der Waals surface area (Å²) < 4.78 is 2.14. The smallest absolute Gasteiger partial charge is 0.266 e. The summed E-state index contributed by atoms with van der Waals surface area (Å²) in [6.07, 6.45) is 1.64. The highest BCUT2D eigenvalue weighted by molar-refractivity contribution is 7.17. The number of aromatic nitrogens is 4. The Morgan fingerprint density at radius 2 is 2.04 bits per heavy atom. The summed E-state index contributed by atoms with van der Waals surface area (Å²) >= 11 is 7.62. The van der Waals surface area contributed by atoms with Crippen molar-refractivity contribution in [2.24, 2.45) is 0 Å². The normalized spacial score (nSPS) is 16.6. The van der Waals surface area contributed by atoms with Crippen LogP contribution in [-0.2, 0) is 6.54 Å². The Bertz CT molecular complexity index is 996. The molecule has 4 rings (SSSR count). The molecule has 0 bridgehead atoms. The minimum Gasteiger partial charge on any atom is -0.326 e. The summed E-state index contributed by atoms with van der Waals surface area (Å²) in [5, 5.41) is 10.0. The lowest BCUT2D eigenvalue weighted by Gasteiger charge is -2.33. The Labute approximate surface area is 166 Å². The number of carbonyl (C=O) groups excluding carboxylic acids is 1. The average Bonchev–Trinajstić information content (AvgIpc) is 3.29. The molecule has 2 aromatic heterocycles. The molecule has 0 aliphatic carbocycles. The lowest BCUT2D eigenvalue weighted by molar-refractivity contribution is 0.0641. The van der Waals surface area contributed by atoms with Gasteiger partial charge in [0.15, 0.2) is 5.82 Å². The average molecular weight is 402 g/mol. The highest BCUT2D eigenvalue weighted by Crippen LogP contribution is 2.33. The first-order valence-corrected chi connectivity index (χ1v) is 10.1. The van der Waals surface area contributed by atoms with E-state index in [-0.39, 0.29) is 11.9 Å². The van der Waals surface area contributed by atoms with Gasteiger partial charge in [0, 0.05) is 24.6 Å². The molecule has 0 fully saturated rings. The maximum absolute atomic E-state index is 13.1. The van der Waals surface area contributed by atoms with E-state index in [1.165, 1.54) is 11.3 Å². The number of hydrogen-bond donors (Lipinski definition) is 0. The molecule has 0 N–H and O–H groups in total. The van der Waals surface area contributed by atoms with Crippen LogP contribution >= 0.6 is 22.9 Å². The summed E-state index contributed by atoms with van der Waals surface area (Å²) in [6, 6.07) is 7.40. The zero-order chi connectivity index (χ0) is 19.1. The minimum atomic E-state index is -0.128.